The maximum Gasteiger partial charge on any atom is 0.330 e. The predicted molar refractivity (Wildman–Crippen MR) is 127 cm³/mol. The zero-order valence-electron chi connectivity index (χ0n) is 19.3. The van der Waals surface area contributed by atoms with Gasteiger partial charge in [0.1, 0.15) is 36.4 Å². The molecule has 10 heteroatoms. The summed E-state index contributed by atoms with van der Waals surface area (Å²) in [6, 6.07) is 16.3. The topological polar surface area (TPSA) is 111 Å². The van der Waals surface area contributed by atoms with Gasteiger partial charge in [-0.2, -0.15) is 0 Å². The number of amides is 2. The Balaban J connectivity index is 1.42. The van der Waals surface area contributed by atoms with Crippen LogP contribution in [0.2, 0.25) is 0 Å². The largest absolute Gasteiger partial charge is 0.484 e. The number of hydrogen-bond donors (Lipinski definition) is 1. The van der Waals surface area contributed by atoms with Crippen LogP contribution in [0.3, 0.4) is 0 Å². The number of carbonyl (C=O) groups is 4. The number of β-lactam (4-membered cyclic amide) rings is 1. The summed E-state index contributed by atoms with van der Waals surface area (Å²) in [7, 11) is 0. The van der Waals surface area contributed by atoms with E-state index in [4.69, 9.17) is 14.2 Å². The standard InChI is InChI=1S/C25H26N2O7S/c1-16(28)34-15-25(2)21(24(31)33-13-17-9-5-3-6-10-17)27-22(30)20(23(27)35-25)26-19(29)14-32-18-11-7-4-8-12-18/h3-12,20-21,23H,13-15H2,1-2H3,(H,26,29)/t20?,21?,23-,25?/m1/s1. The first-order chi connectivity index (χ1) is 16.8. The van der Waals surface area contributed by atoms with Crippen molar-refractivity contribution in [1.82, 2.24) is 10.2 Å². The lowest BCUT2D eigenvalue weighted by atomic mass is 9.95. The number of hydrogen-bond acceptors (Lipinski definition) is 8. The molecule has 2 fully saturated rings. The Hall–Kier alpha value is -3.53. The van der Waals surface area contributed by atoms with E-state index >= 15 is 0 Å². The second kappa shape index (κ2) is 10.4. The lowest BCUT2D eigenvalue weighted by molar-refractivity contribution is -0.166. The minimum atomic E-state index is -0.971. The van der Waals surface area contributed by atoms with Gasteiger partial charge in [-0.15, -0.1) is 11.8 Å². The molecular formula is C25H26N2O7S. The molecule has 0 radical (unpaired) electrons. The summed E-state index contributed by atoms with van der Waals surface area (Å²) < 4.78 is 15.3. The predicted octanol–water partition coefficient (Wildman–Crippen LogP) is 1.90. The Labute approximate surface area is 207 Å². The molecule has 0 saturated carbocycles. The van der Waals surface area contributed by atoms with Crippen LogP contribution >= 0.6 is 11.8 Å². The Kier molecular flexibility index (Phi) is 7.30. The number of carbonyl (C=O) groups excluding carboxylic acids is 4. The van der Waals surface area contributed by atoms with Crippen molar-refractivity contribution in [3.63, 3.8) is 0 Å². The van der Waals surface area contributed by atoms with Crippen molar-refractivity contribution in [2.45, 2.75) is 42.7 Å². The maximum atomic E-state index is 13.1. The molecule has 3 unspecified atom stereocenters. The van der Waals surface area contributed by atoms with E-state index in [1.165, 1.54) is 23.6 Å². The third-order valence-corrected chi connectivity index (χ3v) is 7.39. The number of rotatable bonds is 9. The van der Waals surface area contributed by atoms with Crippen LogP contribution in [0.15, 0.2) is 60.7 Å². The summed E-state index contributed by atoms with van der Waals surface area (Å²) in [6.07, 6.45) is 0. The molecule has 184 valence electrons. The van der Waals surface area contributed by atoms with Crippen molar-refractivity contribution in [1.29, 1.82) is 0 Å². The zero-order valence-corrected chi connectivity index (χ0v) is 20.2. The van der Waals surface area contributed by atoms with E-state index in [0.29, 0.717) is 5.75 Å². The number of nitrogens with one attached hydrogen (secondary N) is 1. The number of benzene rings is 2. The minimum absolute atomic E-state index is 0.0498. The van der Waals surface area contributed by atoms with Gasteiger partial charge in [0.2, 0.25) is 5.91 Å². The normalized spacial score (nSPS) is 24.7. The second-order valence-corrected chi connectivity index (χ2v) is 10.1. The number of fused-ring (bicyclic) bond motifs is 1. The lowest BCUT2D eigenvalue weighted by Crippen LogP contribution is -2.71. The van der Waals surface area contributed by atoms with E-state index in [0.717, 1.165) is 5.56 Å². The molecule has 2 saturated heterocycles. The molecule has 0 spiro atoms. The minimum Gasteiger partial charge on any atom is -0.484 e. The van der Waals surface area contributed by atoms with E-state index in [1.54, 1.807) is 31.2 Å². The van der Waals surface area contributed by atoms with Crippen LogP contribution in [0.5, 0.6) is 5.75 Å². The van der Waals surface area contributed by atoms with Crippen LogP contribution in [0.4, 0.5) is 0 Å². The maximum absolute atomic E-state index is 13.1. The van der Waals surface area contributed by atoms with Crippen molar-refractivity contribution < 1.29 is 33.4 Å². The van der Waals surface area contributed by atoms with Crippen LogP contribution < -0.4 is 10.1 Å². The molecule has 2 aromatic carbocycles. The fraction of sp³-hybridized carbons (Fsp3) is 0.360. The molecule has 4 rings (SSSR count). The number of nitrogens with zero attached hydrogens (tertiary/aromatic N) is 1. The van der Waals surface area contributed by atoms with Gasteiger partial charge in [0, 0.05) is 6.92 Å². The summed E-state index contributed by atoms with van der Waals surface area (Å²) in [5.41, 5.74) is 0.809. The molecule has 0 aromatic heterocycles. The lowest BCUT2D eigenvalue weighted by Gasteiger charge is -2.43. The first-order valence-electron chi connectivity index (χ1n) is 11.1. The zero-order chi connectivity index (χ0) is 25.0. The smallest absolute Gasteiger partial charge is 0.330 e. The Morgan fingerprint density at radius 3 is 2.34 bits per heavy atom. The summed E-state index contributed by atoms with van der Waals surface area (Å²) in [4.78, 5) is 51.4. The van der Waals surface area contributed by atoms with Crippen LogP contribution in [-0.2, 0) is 35.3 Å². The average Bonchev–Trinajstić information content (AvgIpc) is 3.14. The van der Waals surface area contributed by atoms with Crippen molar-refractivity contribution in [2.75, 3.05) is 13.2 Å². The van der Waals surface area contributed by atoms with Crippen LogP contribution in [0.1, 0.15) is 19.4 Å². The molecule has 35 heavy (non-hydrogen) atoms. The van der Waals surface area contributed by atoms with Gasteiger partial charge in [0.05, 0.1) is 4.75 Å². The first-order valence-corrected chi connectivity index (χ1v) is 12.0. The highest BCUT2D eigenvalue weighted by Gasteiger charge is 2.66. The Morgan fingerprint density at radius 1 is 1.03 bits per heavy atom. The molecular weight excluding hydrogens is 472 g/mol. The molecule has 2 amide bonds. The Morgan fingerprint density at radius 2 is 1.69 bits per heavy atom. The van der Waals surface area contributed by atoms with Gasteiger partial charge < -0.3 is 24.4 Å². The summed E-state index contributed by atoms with van der Waals surface area (Å²) in [6.45, 7) is 2.74. The van der Waals surface area contributed by atoms with Gasteiger partial charge >= 0.3 is 11.9 Å². The summed E-state index contributed by atoms with van der Waals surface area (Å²) in [5.74, 6) is -1.40. The van der Waals surface area contributed by atoms with E-state index in [9.17, 15) is 19.2 Å². The van der Waals surface area contributed by atoms with Crippen molar-refractivity contribution in [2.24, 2.45) is 0 Å². The van der Waals surface area contributed by atoms with Crippen molar-refractivity contribution in [3.05, 3.63) is 66.2 Å². The first kappa shape index (κ1) is 24.6. The number of thioether (sulfide) groups is 1. The van der Waals surface area contributed by atoms with Crippen LogP contribution in [0, 0.1) is 0 Å². The molecule has 2 aromatic rings. The van der Waals surface area contributed by atoms with Crippen LogP contribution in [-0.4, -0.2) is 64.1 Å². The van der Waals surface area contributed by atoms with E-state index < -0.39 is 46.0 Å². The molecule has 2 aliphatic rings. The van der Waals surface area contributed by atoms with Gasteiger partial charge in [0.15, 0.2) is 6.61 Å². The summed E-state index contributed by atoms with van der Waals surface area (Å²) in [5, 5.41) is 2.19. The van der Waals surface area contributed by atoms with Gasteiger partial charge in [0.25, 0.3) is 5.91 Å². The highest BCUT2D eigenvalue weighted by molar-refractivity contribution is 8.01. The van der Waals surface area contributed by atoms with Crippen molar-refractivity contribution >= 4 is 35.5 Å². The molecule has 0 aliphatic carbocycles. The SMILES string of the molecule is CC(=O)OCC1(C)S[C@@H]2C(NC(=O)COc3ccccc3)C(=O)N2C1C(=O)OCc1ccccc1. The van der Waals surface area contributed by atoms with Gasteiger partial charge in [-0.05, 0) is 24.6 Å². The average molecular weight is 499 g/mol. The third-order valence-electron chi connectivity index (χ3n) is 5.77. The Bertz CT molecular complexity index is 1100. The molecule has 9 nitrogen and oxygen atoms in total. The highest BCUT2D eigenvalue weighted by atomic mass is 32.2. The molecule has 4 atom stereocenters. The van der Waals surface area contributed by atoms with Crippen molar-refractivity contribution in [3.8, 4) is 5.75 Å². The molecule has 0 bridgehead atoms. The molecule has 1 N–H and O–H groups in total. The fourth-order valence-corrected chi connectivity index (χ4v) is 5.74. The van der Waals surface area contributed by atoms with Gasteiger partial charge in [-0.25, -0.2) is 4.79 Å². The van der Waals surface area contributed by atoms with Crippen LogP contribution in [0.25, 0.3) is 0 Å². The van der Waals surface area contributed by atoms with E-state index in [1.807, 2.05) is 36.4 Å². The molecule has 2 aliphatic heterocycles. The highest BCUT2D eigenvalue weighted by Crippen LogP contribution is 2.51. The second-order valence-electron chi connectivity index (χ2n) is 8.49. The quantitative estimate of drug-likeness (QED) is 0.412. The van der Waals surface area contributed by atoms with E-state index in [2.05, 4.69) is 5.32 Å². The fourth-order valence-electron chi connectivity index (χ4n) is 4.06. The third kappa shape index (κ3) is 5.43. The van der Waals surface area contributed by atoms with Gasteiger partial charge in [-0.3, -0.25) is 14.4 Å². The number of para-hydroxylation sites is 1. The summed E-state index contributed by atoms with van der Waals surface area (Å²) >= 11 is 1.30. The number of esters is 2. The number of ether oxygens (including phenoxy) is 3. The van der Waals surface area contributed by atoms with E-state index in [-0.39, 0.29) is 19.8 Å². The molecule has 2 heterocycles. The van der Waals surface area contributed by atoms with Gasteiger partial charge in [-0.1, -0.05) is 48.5 Å². The monoisotopic (exact) mass is 498 g/mol.